The molecule has 0 spiro atoms. The molecule has 0 amide bonds. The number of rotatable bonds is 7. The number of furan rings is 1. The third-order valence-electron chi connectivity index (χ3n) is 3.19. The van der Waals surface area contributed by atoms with Crippen LogP contribution >= 0.6 is 0 Å². The number of para-hydroxylation sites is 2. The molecule has 0 saturated carbocycles. The van der Waals surface area contributed by atoms with Crippen molar-refractivity contribution < 1.29 is 23.5 Å². The zero-order valence-electron chi connectivity index (χ0n) is 12.7. The quantitative estimate of drug-likeness (QED) is 0.523. The van der Waals surface area contributed by atoms with E-state index in [0.29, 0.717) is 17.2 Å². The topological polar surface area (TPSA) is 107 Å². The maximum absolute atomic E-state index is 12.1. The van der Waals surface area contributed by atoms with E-state index in [4.69, 9.17) is 13.9 Å². The van der Waals surface area contributed by atoms with Gasteiger partial charge in [0.25, 0.3) is 5.78 Å². The van der Waals surface area contributed by atoms with Gasteiger partial charge in [-0.15, -0.1) is 5.10 Å². The lowest BCUT2D eigenvalue weighted by Crippen LogP contribution is -2.18. The minimum absolute atomic E-state index is 0.182. The molecule has 0 aliphatic rings. The Morgan fingerprint density at radius 3 is 2.67 bits per heavy atom. The van der Waals surface area contributed by atoms with Crippen molar-refractivity contribution >= 4 is 11.6 Å². The van der Waals surface area contributed by atoms with Gasteiger partial charge in [0.15, 0.2) is 23.0 Å². The van der Waals surface area contributed by atoms with E-state index in [0.717, 1.165) is 0 Å². The van der Waals surface area contributed by atoms with Crippen molar-refractivity contribution in [2.24, 2.45) is 0 Å². The number of Topliss-reactive ketones (excluding diaryl/α,β-unsaturated/α-hetero) is 2. The normalized spacial score (nSPS) is 10.4. The standard InChI is InChI=1S/C16H13N3O5/c1-22-11-4-2-3-5-12(11)24-13-6-7-23-14(13)8-10(20)15(21)16-17-9-18-19-16/h2-7,9H,8H2,1H3,(H,17,18,19). The van der Waals surface area contributed by atoms with Crippen LogP contribution in [0.1, 0.15) is 16.4 Å². The zero-order valence-corrected chi connectivity index (χ0v) is 12.7. The van der Waals surface area contributed by atoms with Gasteiger partial charge in [-0.1, -0.05) is 12.1 Å². The van der Waals surface area contributed by atoms with Gasteiger partial charge in [-0.2, -0.15) is 0 Å². The smallest absolute Gasteiger partial charge is 0.268 e. The van der Waals surface area contributed by atoms with Crippen LogP contribution in [-0.2, 0) is 11.2 Å². The molecule has 0 bridgehead atoms. The van der Waals surface area contributed by atoms with Crippen molar-refractivity contribution in [1.29, 1.82) is 0 Å². The number of aromatic amines is 1. The molecule has 0 fully saturated rings. The van der Waals surface area contributed by atoms with Crippen LogP contribution in [0.5, 0.6) is 17.2 Å². The maximum Gasteiger partial charge on any atom is 0.268 e. The summed E-state index contributed by atoms with van der Waals surface area (Å²) in [6.07, 6.45) is 2.35. The zero-order chi connectivity index (χ0) is 16.9. The molecule has 0 unspecified atom stereocenters. The summed E-state index contributed by atoms with van der Waals surface area (Å²) in [6, 6.07) is 8.62. The number of ketones is 2. The summed E-state index contributed by atoms with van der Waals surface area (Å²) in [7, 11) is 1.53. The lowest BCUT2D eigenvalue weighted by molar-refractivity contribution is -0.114. The van der Waals surface area contributed by atoms with Gasteiger partial charge in [0.05, 0.1) is 19.8 Å². The van der Waals surface area contributed by atoms with E-state index in [1.165, 1.54) is 19.7 Å². The summed E-state index contributed by atoms with van der Waals surface area (Å²) < 4.78 is 16.2. The van der Waals surface area contributed by atoms with Gasteiger partial charge in [-0.3, -0.25) is 14.7 Å². The number of ether oxygens (including phenoxy) is 2. The molecule has 8 heteroatoms. The number of nitrogens with one attached hydrogen (secondary N) is 1. The van der Waals surface area contributed by atoms with Crippen LogP contribution in [-0.4, -0.2) is 33.9 Å². The summed E-state index contributed by atoms with van der Waals surface area (Å²) in [5.41, 5.74) is 0. The largest absolute Gasteiger partial charge is 0.493 e. The second kappa shape index (κ2) is 6.78. The molecule has 122 valence electrons. The highest BCUT2D eigenvalue weighted by Crippen LogP contribution is 2.33. The first-order valence-corrected chi connectivity index (χ1v) is 6.99. The van der Waals surface area contributed by atoms with Crippen LogP contribution in [0.4, 0.5) is 0 Å². The Morgan fingerprint density at radius 1 is 1.17 bits per heavy atom. The van der Waals surface area contributed by atoms with Gasteiger partial charge in [-0.25, -0.2) is 4.98 Å². The van der Waals surface area contributed by atoms with Crippen molar-refractivity contribution in [1.82, 2.24) is 15.2 Å². The first-order chi connectivity index (χ1) is 11.7. The van der Waals surface area contributed by atoms with Crippen LogP contribution in [0.25, 0.3) is 0 Å². The minimum Gasteiger partial charge on any atom is -0.493 e. The number of hydrogen-bond acceptors (Lipinski definition) is 7. The van der Waals surface area contributed by atoms with Crippen molar-refractivity contribution in [3.63, 3.8) is 0 Å². The predicted octanol–water partition coefficient (Wildman–Crippen LogP) is 2.19. The van der Waals surface area contributed by atoms with E-state index in [2.05, 4.69) is 15.2 Å². The summed E-state index contributed by atoms with van der Waals surface area (Å²) in [6.45, 7) is 0. The maximum atomic E-state index is 12.1. The molecule has 0 atom stereocenters. The Hall–Kier alpha value is -3.42. The van der Waals surface area contributed by atoms with Gasteiger partial charge in [0, 0.05) is 6.07 Å². The average Bonchev–Trinajstić information content (AvgIpc) is 3.27. The number of aromatic nitrogens is 3. The van der Waals surface area contributed by atoms with Crippen LogP contribution in [0.15, 0.2) is 47.3 Å². The highest BCUT2D eigenvalue weighted by atomic mass is 16.5. The fourth-order valence-corrected chi connectivity index (χ4v) is 2.04. The SMILES string of the molecule is COc1ccccc1Oc1ccoc1CC(=O)C(=O)c1nc[nH]n1. The monoisotopic (exact) mass is 327 g/mol. The van der Waals surface area contributed by atoms with Crippen molar-refractivity contribution in [3.8, 4) is 17.2 Å². The number of carbonyl (C=O) groups is 2. The first-order valence-electron chi connectivity index (χ1n) is 6.99. The number of carbonyl (C=O) groups excluding carboxylic acids is 2. The summed E-state index contributed by atoms with van der Waals surface area (Å²) in [4.78, 5) is 27.6. The molecule has 2 aromatic heterocycles. The second-order valence-corrected chi connectivity index (χ2v) is 4.71. The van der Waals surface area contributed by atoms with Crippen molar-refractivity contribution in [3.05, 3.63) is 54.5 Å². The van der Waals surface area contributed by atoms with Crippen LogP contribution < -0.4 is 9.47 Å². The molecule has 1 N–H and O–H groups in total. The Labute approximate surface area is 136 Å². The average molecular weight is 327 g/mol. The van der Waals surface area contributed by atoms with Crippen LogP contribution in [0, 0.1) is 0 Å². The second-order valence-electron chi connectivity index (χ2n) is 4.71. The lowest BCUT2D eigenvalue weighted by atomic mass is 10.1. The van der Waals surface area contributed by atoms with Crippen molar-refractivity contribution in [2.45, 2.75) is 6.42 Å². The fraction of sp³-hybridized carbons (Fsp3) is 0.125. The third kappa shape index (κ3) is 3.17. The van der Waals surface area contributed by atoms with E-state index in [-0.39, 0.29) is 18.0 Å². The molecule has 2 heterocycles. The fourth-order valence-electron chi connectivity index (χ4n) is 2.04. The molecular formula is C16H13N3O5. The molecule has 3 rings (SSSR count). The van der Waals surface area contributed by atoms with Gasteiger partial charge in [0.2, 0.25) is 11.6 Å². The first kappa shape index (κ1) is 15.5. The number of H-pyrrole nitrogens is 1. The summed E-state index contributed by atoms with van der Waals surface area (Å²) in [5.74, 6) is -0.113. The van der Waals surface area contributed by atoms with E-state index in [9.17, 15) is 9.59 Å². The lowest BCUT2D eigenvalue weighted by Gasteiger charge is -2.09. The Morgan fingerprint density at radius 2 is 1.96 bits per heavy atom. The molecule has 24 heavy (non-hydrogen) atoms. The number of methoxy groups -OCH3 is 1. The van der Waals surface area contributed by atoms with E-state index in [1.807, 2.05) is 0 Å². The molecular weight excluding hydrogens is 314 g/mol. The molecule has 0 radical (unpaired) electrons. The molecule has 8 nitrogen and oxygen atoms in total. The van der Waals surface area contributed by atoms with Gasteiger partial charge in [-0.05, 0) is 12.1 Å². The third-order valence-corrected chi connectivity index (χ3v) is 3.19. The number of hydrogen-bond donors (Lipinski definition) is 1. The van der Waals surface area contributed by atoms with Gasteiger partial charge < -0.3 is 13.9 Å². The van der Waals surface area contributed by atoms with Crippen LogP contribution in [0.2, 0.25) is 0 Å². The van der Waals surface area contributed by atoms with Crippen molar-refractivity contribution in [2.75, 3.05) is 7.11 Å². The highest BCUT2D eigenvalue weighted by Gasteiger charge is 2.23. The highest BCUT2D eigenvalue weighted by molar-refractivity contribution is 6.43. The molecule has 0 aliphatic carbocycles. The molecule has 0 aliphatic heterocycles. The van der Waals surface area contributed by atoms with Gasteiger partial charge in [0.1, 0.15) is 6.33 Å². The number of benzene rings is 1. The molecule has 1 aromatic carbocycles. The van der Waals surface area contributed by atoms with Gasteiger partial charge >= 0.3 is 0 Å². The Bertz CT molecular complexity index is 854. The predicted molar refractivity (Wildman–Crippen MR) is 81.2 cm³/mol. The van der Waals surface area contributed by atoms with E-state index < -0.39 is 11.6 Å². The Balaban J connectivity index is 1.76. The van der Waals surface area contributed by atoms with E-state index in [1.54, 1.807) is 30.3 Å². The molecule has 3 aromatic rings. The Kier molecular flexibility index (Phi) is 4.37. The van der Waals surface area contributed by atoms with Crippen LogP contribution in [0.3, 0.4) is 0 Å². The minimum atomic E-state index is -0.795. The summed E-state index contributed by atoms with van der Waals surface area (Å²) in [5, 5.41) is 5.98. The number of nitrogens with zero attached hydrogens (tertiary/aromatic N) is 2. The van der Waals surface area contributed by atoms with E-state index >= 15 is 0 Å². The summed E-state index contributed by atoms with van der Waals surface area (Å²) >= 11 is 0. The molecule has 0 saturated heterocycles.